The van der Waals surface area contributed by atoms with Gasteiger partial charge in [0.1, 0.15) is 5.76 Å². The topological polar surface area (TPSA) is 63.6 Å². The standard InChI is InChI=1S/C9H8O4/c10-8(11)5-6-9(12)13-7-3-1-2-4-7/h1-3,5-6H,4H2,(H,10,11)/b6-5+. The van der Waals surface area contributed by atoms with E-state index in [2.05, 4.69) is 0 Å². The second kappa shape index (κ2) is 4.25. The molecule has 1 aliphatic carbocycles. The third kappa shape index (κ3) is 3.37. The third-order valence-corrected chi connectivity index (χ3v) is 1.33. The van der Waals surface area contributed by atoms with Gasteiger partial charge in [0.25, 0.3) is 0 Å². The van der Waals surface area contributed by atoms with Crippen LogP contribution in [0.1, 0.15) is 6.42 Å². The zero-order valence-corrected chi connectivity index (χ0v) is 6.77. The van der Waals surface area contributed by atoms with Crippen LogP contribution >= 0.6 is 0 Å². The Hall–Kier alpha value is -1.84. The van der Waals surface area contributed by atoms with E-state index in [-0.39, 0.29) is 0 Å². The fraction of sp³-hybridized carbons (Fsp3) is 0.111. The maximum Gasteiger partial charge on any atom is 0.336 e. The van der Waals surface area contributed by atoms with Gasteiger partial charge in [-0.15, -0.1) is 0 Å². The summed E-state index contributed by atoms with van der Waals surface area (Å²) in [6.45, 7) is 0. The Morgan fingerprint density at radius 3 is 2.77 bits per heavy atom. The van der Waals surface area contributed by atoms with Gasteiger partial charge < -0.3 is 9.84 Å². The first-order valence-corrected chi connectivity index (χ1v) is 3.67. The molecule has 0 aliphatic heterocycles. The Morgan fingerprint density at radius 1 is 1.46 bits per heavy atom. The summed E-state index contributed by atoms with van der Waals surface area (Å²) in [5.41, 5.74) is 0. The van der Waals surface area contributed by atoms with Gasteiger partial charge in [-0.05, 0) is 6.08 Å². The lowest BCUT2D eigenvalue weighted by atomic mass is 10.4. The van der Waals surface area contributed by atoms with E-state index in [1.807, 2.05) is 6.08 Å². The normalized spacial score (nSPS) is 14.6. The number of esters is 1. The average Bonchev–Trinajstić information content (AvgIpc) is 2.53. The molecule has 0 saturated heterocycles. The number of ether oxygens (including phenoxy) is 1. The van der Waals surface area contributed by atoms with E-state index in [0.717, 1.165) is 12.2 Å². The fourth-order valence-electron chi connectivity index (χ4n) is 0.806. The molecule has 0 bridgehead atoms. The highest BCUT2D eigenvalue weighted by atomic mass is 16.5. The highest BCUT2D eigenvalue weighted by Crippen LogP contribution is 2.11. The number of carbonyl (C=O) groups is 2. The van der Waals surface area contributed by atoms with E-state index in [4.69, 9.17) is 9.84 Å². The van der Waals surface area contributed by atoms with Crippen molar-refractivity contribution in [1.82, 2.24) is 0 Å². The van der Waals surface area contributed by atoms with Crippen molar-refractivity contribution in [2.45, 2.75) is 6.42 Å². The van der Waals surface area contributed by atoms with E-state index in [0.29, 0.717) is 12.2 Å². The first-order chi connectivity index (χ1) is 6.18. The molecule has 0 fully saturated rings. The Morgan fingerprint density at radius 2 is 2.23 bits per heavy atom. The zero-order chi connectivity index (χ0) is 9.68. The van der Waals surface area contributed by atoms with Crippen LogP contribution in [0.5, 0.6) is 0 Å². The van der Waals surface area contributed by atoms with Crippen LogP contribution in [-0.4, -0.2) is 17.0 Å². The van der Waals surface area contributed by atoms with Crippen molar-refractivity contribution >= 4 is 11.9 Å². The Kier molecular flexibility index (Phi) is 3.03. The van der Waals surface area contributed by atoms with Gasteiger partial charge in [0.2, 0.25) is 0 Å². The van der Waals surface area contributed by atoms with Crippen molar-refractivity contribution in [2.24, 2.45) is 0 Å². The summed E-state index contributed by atoms with van der Waals surface area (Å²) in [4.78, 5) is 20.9. The van der Waals surface area contributed by atoms with Crippen molar-refractivity contribution in [1.29, 1.82) is 0 Å². The molecule has 0 spiro atoms. The number of allylic oxidation sites excluding steroid dienone is 3. The Bertz CT molecular complexity index is 310. The highest BCUT2D eigenvalue weighted by Gasteiger charge is 2.04. The van der Waals surface area contributed by atoms with Crippen LogP contribution in [0.4, 0.5) is 0 Å². The molecular weight excluding hydrogens is 172 g/mol. The maximum absolute atomic E-state index is 10.9. The molecule has 4 heteroatoms. The van der Waals surface area contributed by atoms with Gasteiger partial charge in [-0.1, -0.05) is 12.2 Å². The molecule has 0 radical (unpaired) electrons. The number of hydrogen-bond acceptors (Lipinski definition) is 3. The molecule has 1 aliphatic rings. The average molecular weight is 180 g/mol. The van der Waals surface area contributed by atoms with E-state index in [1.165, 1.54) is 0 Å². The first kappa shape index (κ1) is 9.25. The van der Waals surface area contributed by atoms with E-state index in [1.54, 1.807) is 12.2 Å². The first-order valence-electron chi connectivity index (χ1n) is 3.67. The summed E-state index contributed by atoms with van der Waals surface area (Å²) >= 11 is 0. The van der Waals surface area contributed by atoms with Crippen molar-refractivity contribution in [2.75, 3.05) is 0 Å². The van der Waals surface area contributed by atoms with Gasteiger partial charge in [-0.25, -0.2) is 9.59 Å². The quantitative estimate of drug-likeness (QED) is 0.520. The maximum atomic E-state index is 10.9. The molecule has 0 atom stereocenters. The molecule has 0 aromatic rings. The molecule has 0 unspecified atom stereocenters. The number of hydrogen-bond donors (Lipinski definition) is 1. The van der Waals surface area contributed by atoms with Gasteiger partial charge in [-0.3, -0.25) is 0 Å². The van der Waals surface area contributed by atoms with Crippen molar-refractivity contribution in [3.8, 4) is 0 Å². The minimum atomic E-state index is -1.17. The second-order valence-corrected chi connectivity index (χ2v) is 2.36. The number of carboxylic acids is 1. The lowest BCUT2D eigenvalue weighted by Gasteiger charge is -1.99. The van der Waals surface area contributed by atoms with Crippen LogP contribution in [0, 0.1) is 0 Å². The smallest absolute Gasteiger partial charge is 0.336 e. The molecular formula is C9H8O4. The second-order valence-electron chi connectivity index (χ2n) is 2.36. The van der Waals surface area contributed by atoms with E-state index in [9.17, 15) is 9.59 Å². The fourth-order valence-corrected chi connectivity index (χ4v) is 0.806. The summed E-state index contributed by atoms with van der Waals surface area (Å²) in [7, 11) is 0. The van der Waals surface area contributed by atoms with Crippen LogP contribution in [0.25, 0.3) is 0 Å². The molecule has 0 amide bonds. The minimum Gasteiger partial charge on any atom is -0.478 e. The van der Waals surface area contributed by atoms with Crippen LogP contribution in [0.3, 0.4) is 0 Å². The number of aliphatic carboxylic acids is 1. The highest BCUT2D eigenvalue weighted by molar-refractivity contribution is 5.91. The zero-order valence-electron chi connectivity index (χ0n) is 6.77. The van der Waals surface area contributed by atoms with Gasteiger partial charge in [0.15, 0.2) is 0 Å². The predicted molar refractivity (Wildman–Crippen MR) is 44.7 cm³/mol. The van der Waals surface area contributed by atoms with E-state index < -0.39 is 11.9 Å². The third-order valence-electron chi connectivity index (χ3n) is 1.33. The summed E-state index contributed by atoms with van der Waals surface area (Å²) in [5, 5.41) is 8.20. The molecule has 4 nitrogen and oxygen atoms in total. The van der Waals surface area contributed by atoms with Gasteiger partial charge in [-0.2, -0.15) is 0 Å². The molecule has 0 saturated carbocycles. The van der Waals surface area contributed by atoms with E-state index >= 15 is 0 Å². The number of rotatable bonds is 3. The van der Waals surface area contributed by atoms with Crippen molar-refractivity contribution in [3.05, 3.63) is 36.1 Å². The summed E-state index contributed by atoms with van der Waals surface area (Å²) in [6, 6.07) is 0. The molecule has 0 heterocycles. The lowest BCUT2D eigenvalue weighted by Crippen LogP contribution is -2.00. The molecule has 1 rings (SSSR count). The summed E-state index contributed by atoms with van der Waals surface area (Å²) < 4.78 is 4.77. The van der Waals surface area contributed by atoms with Crippen LogP contribution in [-0.2, 0) is 14.3 Å². The van der Waals surface area contributed by atoms with Crippen molar-refractivity contribution in [3.63, 3.8) is 0 Å². The van der Waals surface area contributed by atoms with Crippen LogP contribution in [0.2, 0.25) is 0 Å². The number of carbonyl (C=O) groups excluding carboxylic acids is 1. The molecule has 0 aromatic heterocycles. The van der Waals surface area contributed by atoms with Crippen LogP contribution < -0.4 is 0 Å². The van der Waals surface area contributed by atoms with Gasteiger partial charge in [0, 0.05) is 18.6 Å². The van der Waals surface area contributed by atoms with Crippen LogP contribution in [0.15, 0.2) is 36.1 Å². The monoisotopic (exact) mass is 180 g/mol. The summed E-state index contributed by atoms with van der Waals surface area (Å²) in [5.74, 6) is -1.31. The Labute approximate surface area is 74.8 Å². The SMILES string of the molecule is O=C(O)/C=C/C(=O)OC1=CC=CC1. The van der Waals surface area contributed by atoms with Gasteiger partial charge >= 0.3 is 11.9 Å². The molecule has 68 valence electrons. The minimum absolute atomic E-state index is 0.528. The molecule has 1 N–H and O–H groups in total. The largest absolute Gasteiger partial charge is 0.478 e. The molecule has 0 aromatic carbocycles. The van der Waals surface area contributed by atoms with Crippen molar-refractivity contribution < 1.29 is 19.4 Å². The Balaban J connectivity index is 2.38. The predicted octanol–water partition coefficient (Wildman–Crippen LogP) is 1.01. The number of carboxylic acid groups (broad SMARTS) is 1. The summed E-state index contributed by atoms with van der Waals surface area (Å²) in [6.07, 6.45) is 7.46. The lowest BCUT2D eigenvalue weighted by molar-refractivity contribution is -0.135. The van der Waals surface area contributed by atoms with Gasteiger partial charge in [0.05, 0.1) is 0 Å². The molecule has 13 heavy (non-hydrogen) atoms.